The molecule has 2 aliphatic rings. The van der Waals surface area contributed by atoms with Crippen molar-refractivity contribution in [3.63, 3.8) is 0 Å². The van der Waals surface area contributed by atoms with Crippen molar-refractivity contribution in [2.45, 2.75) is 69.7 Å². The first-order valence-electron chi connectivity index (χ1n) is 10.4. The number of carbonyl (C=O) groups excluding carboxylic acids is 4. The lowest BCUT2D eigenvalue weighted by Gasteiger charge is -2.43. The summed E-state index contributed by atoms with van der Waals surface area (Å²) in [6.07, 6.45) is -1.78. The minimum Gasteiger partial charge on any atom is -0.445 e. The van der Waals surface area contributed by atoms with Gasteiger partial charge in [-0.1, -0.05) is 44.2 Å². The highest BCUT2D eigenvalue weighted by molar-refractivity contribution is 8.01. The Kier molecular flexibility index (Phi) is 7.02. The Hall–Kier alpha value is -2.75. The van der Waals surface area contributed by atoms with Crippen LogP contribution in [0, 0.1) is 5.92 Å². The average molecular weight is 465 g/mol. The number of nitrogens with one attached hydrogen (secondary N) is 1. The van der Waals surface area contributed by atoms with Crippen LogP contribution in [0.3, 0.4) is 0 Å². The zero-order valence-corrected chi connectivity index (χ0v) is 19.5. The van der Waals surface area contributed by atoms with Gasteiger partial charge >= 0.3 is 18.0 Å². The van der Waals surface area contributed by atoms with Crippen LogP contribution in [0.1, 0.15) is 40.2 Å². The molecule has 2 amide bonds. The molecule has 174 valence electrons. The molecule has 2 fully saturated rings. The SMILES string of the molecule is CC(OC(=O)C(C)C)OC(=O)[C@@H]1N2C(=O)[C@@H](NC(=O)OCc3ccccc3)[C@H]2SC1(C)C. The van der Waals surface area contributed by atoms with E-state index in [9.17, 15) is 19.2 Å². The summed E-state index contributed by atoms with van der Waals surface area (Å²) in [6.45, 7) is 8.54. The summed E-state index contributed by atoms with van der Waals surface area (Å²) >= 11 is 1.39. The molecule has 0 bridgehead atoms. The van der Waals surface area contributed by atoms with Crippen molar-refractivity contribution in [3.05, 3.63) is 35.9 Å². The van der Waals surface area contributed by atoms with Gasteiger partial charge in [0.15, 0.2) is 0 Å². The number of benzene rings is 1. The van der Waals surface area contributed by atoms with Crippen LogP contribution >= 0.6 is 11.8 Å². The van der Waals surface area contributed by atoms with Gasteiger partial charge in [-0.25, -0.2) is 9.59 Å². The van der Waals surface area contributed by atoms with Crippen LogP contribution in [0.4, 0.5) is 4.79 Å². The first kappa shape index (κ1) is 23.9. The van der Waals surface area contributed by atoms with Gasteiger partial charge in [-0.15, -0.1) is 11.8 Å². The van der Waals surface area contributed by atoms with Crippen molar-refractivity contribution in [2.24, 2.45) is 5.92 Å². The molecule has 1 aromatic carbocycles. The highest BCUT2D eigenvalue weighted by atomic mass is 32.2. The van der Waals surface area contributed by atoms with E-state index in [-0.39, 0.29) is 12.5 Å². The van der Waals surface area contributed by atoms with Gasteiger partial charge in [0.05, 0.1) is 5.92 Å². The third kappa shape index (κ3) is 5.01. The zero-order valence-electron chi connectivity index (χ0n) is 18.7. The Labute approximate surface area is 191 Å². The van der Waals surface area contributed by atoms with E-state index in [4.69, 9.17) is 14.2 Å². The molecule has 10 heteroatoms. The molecule has 1 N–H and O–H groups in total. The maximum Gasteiger partial charge on any atom is 0.408 e. The molecule has 2 saturated heterocycles. The first-order valence-corrected chi connectivity index (χ1v) is 11.3. The summed E-state index contributed by atoms with van der Waals surface area (Å²) in [4.78, 5) is 50.9. The standard InChI is InChI=1S/C22H28N2O7S/c1-12(2)19(26)30-13(3)31-20(27)16-22(4,5)32-18-15(17(25)24(16)18)23-21(28)29-11-14-9-7-6-8-10-14/h6-10,12-13,15-16,18H,11H2,1-5H3,(H,23,28)/t13?,15-,16+,18-/m1/s1. The minimum absolute atomic E-state index is 0.0859. The van der Waals surface area contributed by atoms with Gasteiger partial charge in [0, 0.05) is 11.7 Å². The van der Waals surface area contributed by atoms with Gasteiger partial charge in [-0.3, -0.25) is 9.59 Å². The number of alkyl carbamates (subject to hydrolysis) is 1. The molecule has 3 rings (SSSR count). The van der Waals surface area contributed by atoms with Gasteiger partial charge in [0.1, 0.15) is 24.1 Å². The van der Waals surface area contributed by atoms with E-state index in [2.05, 4.69) is 5.32 Å². The lowest BCUT2D eigenvalue weighted by atomic mass is 9.96. The number of rotatable bonds is 7. The topological polar surface area (TPSA) is 111 Å². The number of β-lactam (4-membered cyclic amide) rings is 1. The van der Waals surface area contributed by atoms with Crippen LogP contribution in [0.15, 0.2) is 30.3 Å². The molecule has 2 aliphatic heterocycles. The molecule has 32 heavy (non-hydrogen) atoms. The molecule has 0 saturated carbocycles. The normalized spacial score (nSPS) is 24.2. The summed E-state index contributed by atoms with van der Waals surface area (Å²) in [5, 5.41) is 2.17. The van der Waals surface area contributed by atoms with Crippen molar-refractivity contribution in [1.29, 1.82) is 0 Å². The van der Waals surface area contributed by atoms with Crippen molar-refractivity contribution in [2.75, 3.05) is 0 Å². The smallest absolute Gasteiger partial charge is 0.408 e. The predicted octanol–water partition coefficient (Wildman–Crippen LogP) is 2.43. The molecule has 2 heterocycles. The molecule has 0 spiro atoms. The zero-order chi connectivity index (χ0) is 23.6. The largest absolute Gasteiger partial charge is 0.445 e. The number of hydrogen-bond donors (Lipinski definition) is 1. The summed E-state index contributed by atoms with van der Waals surface area (Å²) in [5.41, 5.74) is 0.829. The molecule has 1 unspecified atom stereocenters. The Balaban J connectivity index is 1.57. The number of carbonyl (C=O) groups is 4. The van der Waals surface area contributed by atoms with Crippen molar-refractivity contribution in [1.82, 2.24) is 10.2 Å². The fourth-order valence-electron chi connectivity index (χ4n) is 3.57. The highest BCUT2D eigenvalue weighted by Gasteiger charge is 2.64. The molecular formula is C22H28N2O7S. The highest BCUT2D eigenvalue weighted by Crippen LogP contribution is 2.51. The van der Waals surface area contributed by atoms with Crippen LogP contribution in [0.25, 0.3) is 0 Å². The molecular weight excluding hydrogens is 436 g/mol. The second-order valence-corrected chi connectivity index (χ2v) is 10.3. The number of hydrogen-bond acceptors (Lipinski definition) is 8. The lowest BCUT2D eigenvalue weighted by Crippen LogP contribution is -2.70. The maximum atomic E-state index is 12.8. The van der Waals surface area contributed by atoms with Crippen LogP contribution < -0.4 is 5.32 Å². The third-order valence-corrected chi connectivity index (χ3v) is 6.76. The number of amides is 2. The Morgan fingerprint density at radius 3 is 2.41 bits per heavy atom. The van der Waals surface area contributed by atoms with Crippen molar-refractivity contribution < 1.29 is 33.4 Å². The fraction of sp³-hybridized carbons (Fsp3) is 0.545. The van der Waals surface area contributed by atoms with Crippen LogP contribution in [0.5, 0.6) is 0 Å². The molecule has 4 atom stereocenters. The van der Waals surface area contributed by atoms with E-state index < -0.39 is 52.4 Å². The fourth-order valence-corrected chi connectivity index (χ4v) is 5.19. The number of ether oxygens (including phenoxy) is 3. The van der Waals surface area contributed by atoms with Gasteiger partial charge < -0.3 is 24.4 Å². The summed E-state index contributed by atoms with van der Waals surface area (Å²) in [7, 11) is 0. The number of nitrogens with zero attached hydrogens (tertiary/aromatic N) is 1. The van der Waals surface area contributed by atoms with Crippen molar-refractivity contribution in [3.8, 4) is 0 Å². The van der Waals surface area contributed by atoms with Gasteiger partial charge in [0.2, 0.25) is 12.2 Å². The van der Waals surface area contributed by atoms with Crippen LogP contribution in [-0.4, -0.2) is 57.3 Å². The first-order chi connectivity index (χ1) is 15.0. The second-order valence-electron chi connectivity index (χ2n) is 8.54. The van der Waals surface area contributed by atoms with E-state index in [1.807, 2.05) is 44.2 Å². The van der Waals surface area contributed by atoms with Gasteiger partial charge in [0.25, 0.3) is 0 Å². The summed E-state index contributed by atoms with van der Waals surface area (Å²) in [5.74, 6) is -1.89. The Morgan fingerprint density at radius 2 is 1.78 bits per heavy atom. The predicted molar refractivity (Wildman–Crippen MR) is 116 cm³/mol. The van der Waals surface area contributed by atoms with E-state index in [1.165, 1.54) is 23.6 Å². The van der Waals surface area contributed by atoms with Crippen LogP contribution in [0.2, 0.25) is 0 Å². The quantitative estimate of drug-likeness (QED) is 0.372. The second kappa shape index (κ2) is 9.40. The molecule has 0 aliphatic carbocycles. The summed E-state index contributed by atoms with van der Waals surface area (Å²) in [6, 6.07) is 7.53. The summed E-state index contributed by atoms with van der Waals surface area (Å²) < 4.78 is 14.9. The number of thioether (sulfide) groups is 1. The number of fused-ring (bicyclic) bond motifs is 1. The Bertz CT molecular complexity index is 890. The molecule has 0 aromatic heterocycles. The number of esters is 2. The lowest BCUT2D eigenvalue weighted by molar-refractivity contribution is -0.193. The van der Waals surface area contributed by atoms with E-state index in [1.54, 1.807) is 13.8 Å². The third-order valence-electron chi connectivity index (χ3n) is 5.19. The van der Waals surface area contributed by atoms with Gasteiger partial charge in [-0.2, -0.15) is 0 Å². The van der Waals surface area contributed by atoms with Crippen molar-refractivity contribution >= 4 is 35.7 Å². The molecule has 9 nitrogen and oxygen atoms in total. The van der Waals surface area contributed by atoms with Crippen LogP contribution in [-0.2, 0) is 35.2 Å². The van der Waals surface area contributed by atoms with E-state index in [0.717, 1.165) is 5.56 Å². The minimum atomic E-state index is -1.07. The Morgan fingerprint density at radius 1 is 1.12 bits per heavy atom. The molecule has 0 radical (unpaired) electrons. The average Bonchev–Trinajstić information content (AvgIpc) is 2.98. The molecule has 1 aromatic rings. The van der Waals surface area contributed by atoms with E-state index in [0.29, 0.717) is 0 Å². The monoisotopic (exact) mass is 464 g/mol. The van der Waals surface area contributed by atoms with E-state index >= 15 is 0 Å². The maximum absolute atomic E-state index is 12.8. The van der Waals surface area contributed by atoms with Gasteiger partial charge in [-0.05, 0) is 19.4 Å².